The number of carbonyl (C=O) groups excluding carboxylic acids is 2. The summed E-state index contributed by atoms with van der Waals surface area (Å²) in [7, 11) is 0. The number of nitrogens with zero attached hydrogens (tertiary/aromatic N) is 1. The van der Waals surface area contributed by atoms with Crippen LogP contribution in [0.5, 0.6) is 0 Å². The van der Waals surface area contributed by atoms with E-state index in [2.05, 4.69) is 0 Å². The highest BCUT2D eigenvalue weighted by Crippen LogP contribution is 2.17. The normalized spacial score (nSPS) is 11.6. The Morgan fingerprint density at radius 2 is 1.32 bits per heavy atom. The molecule has 1 atom stereocenters. The minimum Gasteiger partial charge on any atom is -0.480 e. The lowest BCUT2D eigenvalue weighted by atomic mass is 10.1. The van der Waals surface area contributed by atoms with Crippen molar-refractivity contribution in [1.82, 2.24) is 4.90 Å². The second-order valence-electron chi connectivity index (χ2n) is 5.50. The average Bonchev–Trinajstić information content (AvgIpc) is 2.65. The summed E-state index contributed by atoms with van der Waals surface area (Å²) in [4.78, 5) is 38.3. The topological polar surface area (TPSA) is 101 Å². The van der Waals surface area contributed by atoms with E-state index in [1.54, 1.807) is 60.7 Å². The Hall–Kier alpha value is -2.99. The minimum atomic E-state index is -1.27. The lowest BCUT2D eigenvalue weighted by molar-refractivity contribution is -0.141. The van der Waals surface area contributed by atoms with Crippen LogP contribution in [0.2, 0.25) is 0 Å². The third-order valence-electron chi connectivity index (χ3n) is 3.76. The van der Waals surface area contributed by atoms with Gasteiger partial charge in [0.1, 0.15) is 6.04 Å². The predicted octanol–water partition coefficient (Wildman–Crippen LogP) is 2.16. The molecule has 0 saturated heterocycles. The van der Waals surface area contributed by atoms with Gasteiger partial charge in [-0.1, -0.05) is 36.4 Å². The number of imide groups is 1. The standard InChI is InChI=1S/C19H20N2O4/c20-13-7-12-16(19(24)25)21(17(22)14-8-3-1-4-9-14)18(23)15-10-5-2-6-11-15/h1-6,8-11,16H,7,12-13,20H2,(H,24,25)/t16-/m1/s1. The molecule has 0 saturated carbocycles. The van der Waals surface area contributed by atoms with Crippen LogP contribution >= 0.6 is 0 Å². The monoisotopic (exact) mass is 340 g/mol. The fourth-order valence-corrected chi connectivity index (χ4v) is 2.49. The zero-order valence-electron chi connectivity index (χ0n) is 13.7. The first-order valence-electron chi connectivity index (χ1n) is 7.97. The van der Waals surface area contributed by atoms with Crippen LogP contribution in [0.4, 0.5) is 0 Å². The zero-order valence-corrected chi connectivity index (χ0v) is 13.7. The van der Waals surface area contributed by atoms with E-state index in [0.717, 1.165) is 4.90 Å². The molecule has 0 aromatic heterocycles. The molecule has 2 amide bonds. The van der Waals surface area contributed by atoms with Gasteiger partial charge in [-0.15, -0.1) is 0 Å². The fraction of sp³-hybridized carbons (Fsp3) is 0.211. The molecule has 3 N–H and O–H groups in total. The van der Waals surface area contributed by atoms with Crippen molar-refractivity contribution in [2.45, 2.75) is 18.9 Å². The van der Waals surface area contributed by atoms with E-state index in [1.165, 1.54) is 0 Å². The number of carbonyl (C=O) groups is 3. The van der Waals surface area contributed by atoms with Gasteiger partial charge in [-0.3, -0.25) is 14.5 Å². The van der Waals surface area contributed by atoms with Gasteiger partial charge in [-0.25, -0.2) is 4.79 Å². The van der Waals surface area contributed by atoms with Crippen molar-refractivity contribution in [3.05, 3.63) is 71.8 Å². The van der Waals surface area contributed by atoms with Crippen LogP contribution in [0.15, 0.2) is 60.7 Å². The molecular weight excluding hydrogens is 320 g/mol. The van der Waals surface area contributed by atoms with Crippen LogP contribution in [-0.4, -0.2) is 40.4 Å². The highest BCUT2D eigenvalue weighted by molar-refractivity contribution is 6.12. The summed E-state index contributed by atoms with van der Waals surface area (Å²) >= 11 is 0. The number of hydrogen-bond donors (Lipinski definition) is 2. The van der Waals surface area contributed by atoms with Gasteiger partial charge in [0, 0.05) is 11.1 Å². The lowest BCUT2D eigenvalue weighted by Gasteiger charge is -2.27. The Morgan fingerprint density at radius 1 is 0.880 bits per heavy atom. The maximum atomic E-state index is 12.9. The highest BCUT2D eigenvalue weighted by Gasteiger charge is 2.35. The molecule has 6 heteroatoms. The van der Waals surface area contributed by atoms with Gasteiger partial charge in [-0.2, -0.15) is 0 Å². The van der Waals surface area contributed by atoms with Crippen LogP contribution in [0.1, 0.15) is 33.6 Å². The smallest absolute Gasteiger partial charge is 0.326 e. The van der Waals surface area contributed by atoms with Gasteiger partial charge in [0.25, 0.3) is 11.8 Å². The molecule has 0 bridgehead atoms. The summed E-state index contributed by atoms with van der Waals surface area (Å²) in [5, 5.41) is 9.57. The summed E-state index contributed by atoms with van der Waals surface area (Å²) in [5.41, 5.74) is 5.98. The van der Waals surface area contributed by atoms with Crippen LogP contribution in [0.3, 0.4) is 0 Å². The molecule has 6 nitrogen and oxygen atoms in total. The van der Waals surface area contributed by atoms with Gasteiger partial charge in [0.15, 0.2) is 0 Å². The second kappa shape index (κ2) is 8.75. The predicted molar refractivity (Wildman–Crippen MR) is 93.1 cm³/mol. The third kappa shape index (κ3) is 4.51. The summed E-state index contributed by atoms with van der Waals surface area (Å²) < 4.78 is 0. The van der Waals surface area contributed by atoms with Crippen molar-refractivity contribution in [2.24, 2.45) is 5.73 Å². The SMILES string of the molecule is NCCC[C@H](C(=O)O)N(C(=O)c1ccccc1)C(=O)c1ccccc1. The minimum absolute atomic E-state index is 0.100. The number of hydrogen-bond acceptors (Lipinski definition) is 4. The molecule has 2 aromatic rings. The largest absolute Gasteiger partial charge is 0.480 e. The molecule has 0 spiro atoms. The first kappa shape index (κ1) is 18.4. The summed E-state index contributed by atoms with van der Waals surface area (Å²) in [6.07, 6.45) is 0.487. The summed E-state index contributed by atoms with van der Waals surface area (Å²) in [5.74, 6) is -2.51. The summed E-state index contributed by atoms with van der Waals surface area (Å²) in [6, 6.07) is 15.1. The Kier molecular flexibility index (Phi) is 6.42. The Bertz CT molecular complexity index is 680. The van der Waals surface area contributed by atoms with Gasteiger partial charge >= 0.3 is 5.97 Å². The quantitative estimate of drug-likeness (QED) is 0.752. The Morgan fingerprint density at radius 3 is 1.68 bits per heavy atom. The lowest BCUT2D eigenvalue weighted by Crippen LogP contribution is -2.49. The van der Waals surface area contributed by atoms with Crippen molar-refractivity contribution in [3.63, 3.8) is 0 Å². The number of amides is 2. The number of carboxylic acids is 1. The maximum Gasteiger partial charge on any atom is 0.326 e. The first-order chi connectivity index (χ1) is 12.1. The molecule has 0 aliphatic rings. The van der Waals surface area contributed by atoms with E-state index in [0.29, 0.717) is 6.42 Å². The zero-order chi connectivity index (χ0) is 18.2. The molecule has 2 rings (SSSR count). The van der Waals surface area contributed by atoms with Gasteiger partial charge < -0.3 is 10.8 Å². The highest BCUT2D eigenvalue weighted by atomic mass is 16.4. The Labute approximate surface area is 145 Å². The number of nitrogens with two attached hydrogens (primary N) is 1. The van der Waals surface area contributed by atoms with Crippen molar-refractivity contribution >= 4 is 17.8 Å². The molecular formula is C19H20N2O4. The number of aliphatic carboxylic acids is 1. The molecule has 0 aliphatic heterocycles. The van der Waals surface area contributed by atoms with E-state index in [1.807, 2.05) is 0 Å². The van der Waals surface area contributed by atoms with E-state index in [-0.39, 0.29) is 24.1 Å². The molecule has 0 aliphatic carbocycles. The molecule has 2 aromatic carbocycles. The van der Waals surface area contributed by atoms with Crippen molar-refractivity contribution in [1.29, 1.82) is 0 Å². The molecule has 0 unspecified atom stereocenters. The second-order valence-corrected chi connectivity index (χ2v) is 5.50. The van der Waals surface area contributed by atoms with Crippen LogP contribution in [0, 0.1) is 0 Å². The third-order valence-corrected chi connectivity index (χ3v) is 3.76. The van der Waals surface area contributed by atoms with Crippen molar-refractivity contribution in [2.75, 3.05) is 6.54 Å². The van der Waals surface area contributed by atoms with E-state index < -0.39 is 23.8 Å². The van der Waals surface area contributed by atoms with E-state index in [9.17, 15) is 19.5 Å². The van der Waals surface area contributed by atoms with Crippen molar-refractivity contribution < 1.29 is 19.5 Å². The maximum absolute atomic E-state index is 12.9. The van der Waals surface area contributed by atoms with E-state index in [4.69, 9.17) is 5.73 Å². The van der Waals surface area contributed by atoms with E-state index >= 15 is 0 Å². The molecule has 0 fully saturated rings. The van der Waals surface area contributed by atoms with Gasteiger partial charge in [0.05, 0.1) is 0 Å². The fourth-order valence-electron chi connectivity index (χ4n) is 2.49. The Balaban J connectivity index is 2.44. The number of carboxylic acid groups (broad SMARTS) is 1. The van der Waals surface area contributed by atoms with Crippen molar-refractivity contribution in [3.8, 4) is 0 Å². The van der Waals surface area contributed by atoms with Gasteiger partial charge in [0.2, 0.25) is 0 Å². The van der Waals surface area contributed by atoms with Crippen LogP contribution in [-0.2, 0) is 4.79 Å². The number of benzene rings is 2. The molecule has 0 radical (unpaired) electrons. The molecule has 0 heterocycles. The molecule has 130 valence electrons. The molecule has 25 heavy (non-hydrogen) atoms. The summed E-state index contributed by atoms with van der Waals surface area (Å²) in [6.45, 7) is 0.274. The van der Waals surface area contributed by atoms with Gasteiger partial charge in [-0.05, 0) is 43.7 Å². The van der Waals surface area contributed by atoms with Crippen LogP contribution in [0.25, 0.3) is 0 Å². The van der Waals surface area contributed by atoms with Crippen LogP contribution < -0.4 is 5.73 Å². The number of rotatable bonds is 7. The average molecular weight is 340 g/mol. The first-order valence-corrected chi connectivity index (χ1v) is 7.97.